The molecule has 0 aromatic heterocycles. The number of rotatable bonds is 10. The number of aliphatic carboxylic acids is 1. The molecule has 0 amide bonds. The minimum absolute atomic E-state index is 0.00449. The molecule has 8 nitrogen and oxygen atoms in total. The largest absolute Gasteiger partial charge is 0.488 e. The highest BCUT2D eigenvalue weighted by atomic mass is 35.5. The average molecular weight is 643 g/mol. The maximum Gasteiger partial charge on any atom is 0.321 e. The van der Waals surface area contributed by atoms with Gasteiger partial charge in [0.1, 0.15) is 50.1 Å². The van der Waals surface area contributed by atoms with Gasteiger partial charge in [-0.05, 0) is 65.1 Å². The van der Waals surface area contributed by atoms with Gasteiger partial charge in [0.05, 0.1) is 16.7 Å². The Balaban J connectivity index is 1.25. The van der Waals surface area contributed by atoms with E-state index in [1.54, 1.807) is 35.2 Å². The van der Waals surface area contributed by atoms with Crippen LogP contribution in [-0.4, -0.2) is 47.9 Å². The molecule has 2 heterocycles. The van der Waals surface area contributed by atoms with Crippen LogP contribution in [-0.2, 0) is 24.6 Å². The lowest BCUT2D eigenvalue weighted by Crippen LogP contribution is -2.35. The summed E-state index contributed by atoms with van der Waals surface area (Å²) >= 11 is 6.72. The maximum absolute atomic E-state index is 14.3. The van der Waals surface area contributed by atoms with Gasteiger partial charge in [0, 0.05) is 31.1 Å². The number of fused-ring (bicyclic) bond motifs is 1. The van der Waals surface area contributed by atoms with E-state index in [0.29, 0.717) is 46.6 Å². The van der Waals surface area contributed by atoms with Gasteiger partial charge in [0.2, 0.25) is 0 Å². The summed E-state index contributed by atoms with van der Waals surface area (Å²) in [6.45, 7) is 3.57. The Morgan fingerprint density at radius 3 is 2.59 bits per heavy atom. The van der Waals surface area contributed by atoms with Crippen molar-refractivity contribution in [3.8, 4) is 40.2 Å². The summed E-state index contributed by atoms with van der Waals surface area (Å²) in [6.07, 6.45) is -1.31. The molecule has 236 valence electrons. The molecule has 1 N–H and O–H groups in total. The van der Waals surface area contributed by atoms with Crippen molar-refractivity contribution < 1.29 is 33.2 Å². The van der Waals surface area contributed by atoms with Crippen LogP contribution in [0.4, 0.5) is 4.39 Å². The molecule has 4 aromatic carbocycles. The van der Waals surface area contributed by atoms with Crippen LogP contribution in [0.15, 0.2) is 72.8 Å². The number of nitrogens with zero attached hydrogens (tertiary/aromatic N) is 2. The van der Waals surface area contributed by atoms with E-state index in [-0.39, 0.29) is 32.7 Å². The fourth-order valence-corrected chi connectivity index (χ4v) is 6.09. The molecule has 0 saturated carbocycles. The SMILES string of the molecule is Cc1c(COc2cc(OCc3cccc(C#N)c3)c(CN3CC(F)CC3C(=O)O)cc2Cl)cccc1-c1ccc2c(c1)OCCO2. The second-order valence-corrected chi connectivity index (χ2v) is 11.8. The van der Waals surface area contributed by atoms with Gasteiger partial charge in [-0.15, -0.1) is 0 Å². The number of carboxylic acid groups (broad SMARTS) is 1. The van der Waals surface area contributed by atoms with Gasteiger partial charge in [-0.25, -0.2) is 4.39 Å². The average Bonchev–Trinajstić information content (AvgIpc) is 3.44. The van der Waals surface area contributed by atoms with E-state index in [0.717, 1.165) is 33.6 Å². The van der Waals surface area contributed by atoms with E-state index in [1.807, 2.05) is 49.4 Å². The number of benzene rings is 4. The fraction of sp³-hybridized carbons (Fsp3) is 0.278. The molecule has 0 spiro atoms. The number of likely N-dealkylation sites (tertiary alicyclic amines) is 1. The molecule has 46 heavy (non-hydrogen) atoms. The lowest BCUT2D eigenvalue weighted by atomic mass is 9.96. The van der Waals surface area contributed by atoms with Crippen LogP contribution >= 0.6 is 11.6 Å². The summed E-state index contributed by atoms with van der Waals surface area (Å²) in [5.74, 6) is 1.18. The van der Waals surface area contributed by atoms with Crippen molar-refractivity contribution in [2.75, 3.05) is 19.8 Å². The molecule has 2 aliphatic heterocycles. The molecule has 2 atom stereocenters. The highest BCUT2D eigenvalue weighted by Gasteiger charge is 2.37. The van der Waals surface area contributed by atoms with Gasteiger partial charge in [0.15, 0.2) is 11.5 Å². The zero-order chi connectivity index (χ0) is 32.2. The van der Waals surface area contributed by atoms with E-state index in [4.69, 9.17) is 30.5 Å². The standard InChI is InChI=1S/C36H32ClFN2O6/c1-22-26(6-3-7-29(22)25-8-9-32-35(14-25)44-11-10-43-32)21-46-34-16-33(45-20-24-5-2-4-23(12-24)17-39)27(13-30(34)37)18-40-19-28(38)15-31(40)36(41)42/h2-9,12-14,16,28,31H,10-11,15,18-21H2,1H3,(H,41,42). The number of halogens is 2. The van der Waals surface area contributed by atoms with Crippen molar-refractivity contribution in [1.82, 2.24) is 4.90 Å². The van der Waals surface area contributed by atoms with Gasteiger partial charge in [0.25, 0.3) is 0 Å². The van der Waals surface area contributed by atoms with Crippen LogP contribution in [0.5, 0.6) is 23.0 Å². The second kappa shape index (κ2) is 13.7. The summed E-state index contributed by atoms with van der Waals surface area (Å²) in [4.78, 5) is 13.4. The first-order valence-corrected chi connectivity index (χ1v) is 15.3. The number of carboxylic acids is 1. The third kappa shape index (κ3) is 6.89. The fourth-order valence-electron chi connectivity index (χ4n) is 5.85. The number of ether oxygens (including phenoxy) is 4. The van der Waals surface area contributed by atoms with Gasteiger partial charge >= 0.3 is 5.97 Å². The van der Waals surface area contributed by atoms with E-state index in [1.165, 1.54) is 0 Å². The summed E-state index contributed by atoms with van der Waals surface area (Å²) in [6, 6.07) is 23.5. The Labute approximate surface area is 271 Å². The van der Waals surface area contributed by atoms with E-state index in [9.17, 15) is 19.6 Å². The number of hydrogen-bond donors (Lipinski definition) is 1. The minimum Gasteiger partial charge on any atom is -0.488 e. The molecule has 1 fully saturated rings. The van der Waals surface area contributed by atoms with Crippen molar-refractivity contribution in [3.63, 3.8) is 0 Å². The molecule has 4 aromatic rings. The van der Waals surface area contributed by atoms with Gasteiger partial charge in [-0.1, -0.05) is 48.0 Å². The third-order valence-electron chi connectivity index (χ3n) is 8.26. The predicted octanol–water partition coefficient (Wildman–Crippen LogP) is 7.11. The zero-order valence-corrected chi connectivity index (χ0v) is 25.9. The Morgan fingerprint density at radius 1 is 1.00 bits per heavy atom. The van der Waals surface area contributed by atoms with Crippen molar-refractivity contribution in [2.45, 2.75) is 45.3 Å². The molecular weight excluding hydrogens is 611 g/mol. The molecule has 2 unspecified atom stereocenters. The lowest BCUT2D eigenvalue weighted by molar-refractivity contribution is -0.142. The van der Waals surface area contributed by atoms with Crippen LogP contribution in [0.3, 0.4) is 0 Å². The summed E-state index contributed by atoms with van der Waals surface area (Å²) < 4.78 is 38.2. The summed E-state index contributed by atoms with van der Waals surface area (Å²) in [7, 11) is 0. The van der Waals surface area contributed by atoms with Crippen molar-refractivity contribution in [3.05, 3.63) is 106 Å². The normalized spacial score (nSPS) is 17.3. The van der Waals surface area contributed by atoms with Gasteiger partial charge in [-0.3, -0.25) is 9.69 Å². The monoisotopic (exact) mass is 642 g/mol. The molecule has 0 aliphatic carbocycles. The zero-order valence-electron chi connectivity index (χ0n) is 25.2. The van der Waals surface area contributed by atoms with Crippen molar-refractivity contribution >= 4 is 17.6 Å². The first-order valence-electron chi connectivity index (χ1n) is 15.0. The van der Waals surface area contributed by atoms with Gasteiger partial charge in [-0.2, -0.15) is 5.26 Å². The Kier molecular flexibility index (Phi) is 9.29. The highest BCUT2D eigenvalue weighted by Crippen LogP contribution is 2.38. The van der Waals surface area contributed by atoms with Crippen LogP contribution in [0.25, 0.3) is 11.1 Å². The van der Waals surface area contributed by atoms with E-state index >= 15 is 0 Å². The Bertz CT molecular complexity index is 1810. The first-order chi connectivity index (χ1) is 22.3. The molecule has 6 rings (SSSR count). The maximum atomic E-state index is 14.3. The molecule has 10 heteroatoms. The smallest absolute Gasteiger partial charge is 0.321 e. The molecule has 0 radical (unpaired) electrons. The minimum atomic E-state index is -1.24. The van der Waals surface area contributed by atoms with Gasteiger partial charge < -0.3 is 24.1 Å². The molecule has 1 saturated heterocycles. The van der Waals surface area contributed by atoms with Crippen LogP contribution < -0.4 is 18.9 Å². The van der Waals surface area contributed by atoms with Crippen molar-refractivity contribution in [1.29, 1.82) is 5.26 Å². The third-order valence-corrected chi connectivity index (χ3v) is 8.55. The Hall–Kier alpha value is -4.78. The first kappa shape index (κ1) is 31.2. The quantitative estimate of drug-likeness (QED) is 0.195. The number of alkyl halides is 1. The molecule has 2 aliphatic rings. The van der Waals surface area contributed by atoms with Crippen molar-refractivity contribution in [2.24, 2.45) is 0 Å². The second-order valence-electron chi connectivity index (χ2n) is 11.3. The molecular formula is C36H32ClFN2O6. The highest BCUT2D eigenvalue weighted by molar-refractivity contribution is 6.32. The van der Waals surface area contributed by atoms with E-state index < -0.39 is 18.2 Å². The Morgan fingerprint density at radius 2 is 1.78 bits per heavy atom. The topological polar surface area (TPSA) is 101 Å². The lowest BCUT2D eigenvalue weighted by Gasteiger charge is -2.23. The summed E-state index contributed by atoms with van der Waals surface area (Å²) in [5, 5.41) is 19.3. The molecule has 0 bridgehead atoms. The summed E-state index contributed by atoms with van der Waals surface area (Å²) in [5.41, 5.74) is 5.92. The van der Waals surface area contributed by atoms with E-state index in [2.05, 4.69) is 6.07 Å². The number of hydrogen-bond acceptors (Lipinski definition) is 7. The number of nitriles is 1. The number of carbonyl (C=O) groups is 1. The predicted molar refractivity (Wildman–Crippen MR) is 170 cm³/mol. The van der Waals surface area contributed by atoms with Crippen LogP contribution in [0.1, 0.15) is 34.2 Å². The van der Waals surface area contributed by atoms with Crippen LogP contribution in [0.2, 0.25) is 5.02 Å². The van der Waals surface area contributed by atoms with Crippen LogP contribution in [0, 0.1) is 18.3 Å².